The van der Waals surface area contributed by atoms with Gasteiger partial charge in [-0.3, -0.25) is 4.90 Å². The van der Waals surface area contributed by atoms with Crippen molar-refractivity contribution in [2.45, 2.75) is 12.6 Å². The lowest BCUT2D eigenvalue weighted by molar-refractivity contribution is 0.191. The molecule has 0 aliphatic carbocycles. The number of hydrogen-bond donors (Lipinski definition) is 1. The first-order valence-electron chi connectivity index (χ1n) is 7.17. The van der Waals surface area contributed by atoms with Crippen molar-refractivity contribution in [1.82, 2.24) is 10.2 Å². The molecule has 1 aliphatic rings. The number of piperazine rings is 1. The van der Waals surface area contributed by atoms with E-state index in [-0.39, 0.29) is 5.82 Å². The van der Waals surface area contributed by atoms with Crippen LogP contribution in [0.5, 0.6) is 0 Å². The van der Waals surface area contributed by atoms with E-state index in [0.717, 1.165) is 19.6 Å². The van der Waals surface area contributed by atoms with Gasteiger partial charge in [-0.05, 0) is 17.7 Å². The largest absolute Gasteiger partial charge is 0.308 e. The van der Waals surface area contributed by atoms with Crippen molar-refractivity contribution in [3.8, 4) is 0 Å². The molecular formula is C17H18ClFN2. The lowest BCUT2D eigenvalue weighted by Crippen LogP contribution is -2.45. The second-order valence-corrected chi connectivity index (χ2v) is 5.82. The maximum absolute atomic E-state index is 13.9. The number of nitrogens with zero attached hydrogens (tertiary/aromatic N) is 1. The normalized spacial score (nSPS) is 19.6. The molecule has 3 rings (SSSR count). The molecule has 0 radical (unpaired) electrons. The molecule has 0 amide bonds. The second kappa shape index (κ2) is 6.56. The Balaban J connectivity index is 1.69. The first kappa shape index (κ1) is 14.5. The molecule has 1 N–H and O–H groups in total. The predicted molar refractivity (Wildman–Crippen MR) is 83.9 cm³/mol. The SMILES string of the molecule is Fc1cc(Cl)ccc1CN1CCNC(c2ccccc2)C1. The Bertz CT molecular complexity index is 603. The third kappa shape index (κ3) is 3.62. The molecule has 0 aromatic heterocycles. The summed E-state index contributed by atoms with van der Waals surface area (Å²) < 4.78 is 13.9. The maximum Gasteiger partial charge on any atom is 0.129 e. The molecule has 21 heavy (non-hydrogen) atoms. The van der Waals surface area contributed by atoms with Gasteiger partial charge in [-0.15, -0.1) is 0 Å². The van der Waals surface area contributed by atoms with Crippen molar-refractivity contribution in [2.24, 2.45) is 0 Å². The summed E-state index contributed by atoms with van der Waals surface area (Å²) in [5.41, 5.74) is 1.98. The van der Waals surface area contributed by atoms with Gasteiger partial charge in [0, 0.05) is 42.8 Å². The van der Waals surface area contributed by atoms with Crippen LogP contribution in [0.25, 0.3) is 0 Å². The summed E-state index contributed by atoms with van der Waals surface area (Å²) in [6, 6.07) is 15.6. The van der Waals surface area contributed by atoms with E-state index in [1.165, 1.54) is 11.6 Å². The van der Waals surface area contributed by atoms with Crippen molar-refractivity contribution in [1.29, 1.82) is 0 Å². The van der Waals surface area contributed by atoms with Gasteiger partial charge < -0.3 is 5.32 Å². The van der Waals surface area contributed by atoms with Crippen LogP contribution in [-0.4, -0.2) is 24.5 Å². The zero-order chi connectivity index (χ0) is 14.7. The van der Waals surface area contributed by atoms with E-state index in [0.29, 0.717) is 23.2 Å². The van der Waals surface area contributed by atoms with Gasteiger partial charge in [-0.25, -0.2) is 4.39 Å². The van der Waals surface area contributed by atoms with Gasteiger partial charge in [0.05, 0.1) is 0 Å². The molecule has 1 aliphatic heterocycles. The molecule has 2 aromatic carbocycles. The minimum Gasteiger partial charge on any atom is -0.308 e. The molecule has 0 bridgehead atoms. The van der Waals surface area contributed by atoms with Crippen LogP contribution in [0.15, 0.2) is 48.5 Å². The summed E-state index contributed by atoms with van der Waals surface area (Å²) in [7, 11) is 0. The monoisotopic (exact) mass is 304 g/mol. The first-order chi connectivity index (χ1) is 10.2. The highest BCUT2D eigenvalue weighted by Gasteiger charge is 2.21. The molecule has 2 aromatic rings. The smallest absolute Gasteiger partial charge is 0.129 e. The van der Waals surface area contributed by atoms with Crippen molar-refractivity contribution >= 4 is 11.6 Å². The van der Waals surface area contributed by atoms with Gasteiger partial charge in [-0.2, -0.15) is 0 Å². The molecular weight excluding hydrogens is 287 g/mol. The number of hydrogen-bond acceptors (Lipinski definition) is 2. The number of nitrogens with one attached hydrogen (secondary N) is 1. The lowest BCUT2D eigenvalue weighted by Gasteiger charge is -2.34. The first-order valence-corrected chi connectivity index (χ1v) is 7.55. The quantitative estimate of drug-likeness (QED) is 0.931. The summed E-state index contributed by atoms with van der Waals surface area (Å²) in [6.45, 7) is 3.33. The highest BCUT2D eigenvalue weighted by atomic mass is 35.5. The van der Waals surface area contributed by atoms with E-state index in [1.807, 2.05) is 6.07 Å². The Hall–Kier alpha value is -1.42. The molecule has 1 unspecified atom stereocenters. The maximum atomic E-state index is 13.9. The third-order valence-corrected chi connectivity index (χ3v) is 4.11. The zero-order valence-electron chi connectivity index (χ0n) is 11.7. The van der Waals surface area contributed by atoms with Crippen LogP contribution in [-0.2, 0) is 6.54 Å². The predicted octanol–water partition coefficient (Wildman–Crippen LogP) is 3.63. The average molecular weight is 305 g/mol. The van der Waals surface area contributed by atoms with Crippen LogP contribution in [0.4, 0.5) is 4.39 Å². The van der Waals surface area contributed by atoms with Crippen LogP contribution >= 0.6 is 11.6 Å². The summed E-state index contributed by atoms with van der Waals surface area (Å²) in [5, 5.41) is 3.96. The van der Waals surface area contributed by atoms with Crippen LogP contribution < -0.4 is 5.32 Å². The van der Waals surface area contributed by atoms with E-state index < -0.39 is 0 Å². The molecule has 2 nitrogen and oxygen atoms in total. The van der Waals surface area contributed by atoms with E-state index in [1.54, 1.807) is 12.1 Å². The lowest BCUT2D eigenvalue weighted by atomic mass is 10.0. The Morgan fingerprint density at radius 3 is 2.76 bits per heavy atom. The fourth-order valence-electron chi connectivity index (χ4n) is 2.75. The van der Waals surface area contributed by atoms with Crippen molar-refractivity contribution in [3.63, 3.8) is 0 Å². The Morgan fingerprint density at radius 1 is 1.19 bits per heavy atom. The van der Waals surface area contributed by atoms with Gasteiger partial charge in [0.2, 0.25) is 0 Å². The Kier molecular flexibility index (Phi) is 4.54. The van der Waals surface area contributed by atoms with E-state index >= 15 is 0 Å². The van der Waals surface area contributed by atoms with Crippen molar-refractivity contribution in [3.05, 3.63) is 70.5 Å². The Morgan fingerprint density at radius 2 is 2.00 bits per heavy atom. The van der Waals surface area contributed by atoms with Crippen LogP contribution in [0, 0.1) is 5.82 Å². The minimum atomic E-state index is -0.225. The molecule has 1 atom stereocenters. The van der Waals surface area contributed by atoms with Gasteiger partial charge in [0.1, 0.15) is 5.82 Å². The second-order valence-electron chi connectivity index (χ2n) is 5.39. The minimum absolute atomic E-state index is 0.225. The molecule has 1 saturated heterocycles. The van der Waals surface area contributed by atoms with Gasteiger partial charge in [0.25, 0.3) is 0 Å². The van der Waals surface area contributed by atoms with Crippen LogP contribution in [0.2, 0.25) is 5.02 Å². The molecule has 1 fully saturated rings. The Labute approximate surface area is 129 Å². The summed E-state index contributed by atoms with van der Waals surface area (Å²) in [6.07, 6.45) is 0. The van der Waals surface area contributed by atoms with Crippen molar-refractivity contribution < 1.29 is 4.39 Å². The van der Waals surface area contributed by atoms with E-state index in [9.17, 15) is 4.39 Å². The highest BCUT2D eigenvalue weighted by Crippen LogP contribution is 2.20. The summed E-state index contributed by atoms with van der Waals surface area (Å²) in [5.74, 6) is -0.225. The van der Waals surface area contributed by atoms with Gasteiger partial charge in [-0.1, -0.05) is 48.0 Å². The van der Waals surface area contributed by atoms with Crippen LogP contribution in [0.3, 0.4) is 0 Å². The summed E-state index contributed by atoms with van der Waals surface area (Å²) >= 11 is 5.80. The fourth-order valence-corrected chi connectivity index (χ4v) is 2.91. The number of benzene rings is 2. The topological polar surface area (TPSA) is 15.3 Å². The zero-order valence-corrected chi connectivity index (χ0v) is 12.5. The van der Waals surface area contributed by atoms with Crippen molar-refractivity contribution in [2.75, 3.05) is 19.6 Å². The highest BCUT2D eigenvalue weighted by molar-refractivity contribution is 6.30. The van der Waals surface area contributed by atoms with Gasteiger partial charge in [0.15, 0.2) is 0 Å². The molecule has 0 saturated carbocycles. The van der Waals surface area contributed by atoms with Gasteiger partial charge >= 0.3 is 0 Å². The molecule has 4 heteroatoms. The molecule has 0 spiro atoms. The standard InChI is InChI=1S/C17H18ClFN2/c18-15-7-6-14(16(19)10-15)11-21-9-8-20-17(12-21)13-4-2-1-3-5-13/h1-7,10,17,20H,8-9,11-12H2. The molecule has 1 heterocycles. The summed E-state index contributed by atoms with van der Waals surface area (Å²) in [4.78, 5) is 2.28. The number of halogens is 2. The fraction of sp³-hybridized carbons (Fsp3) is 0.294. The van der Waals surface area contributed by atoms with E-state index in [4.69, 9.17) is 11.6 Å². The third-order valence-electron chi connectivity index (χ3n) is 3.87. The molecule has 110 valence electrons. The van der Waals surface area contributed by atoms with Crippen LogP contribution in [0.1, 0.15) is 17.2 Å². The number of rotatable bonds is 3. The van der Waals surface area contributed by atoms with E-state index in [2.05, 4.69) is 34.5 Å². The average Bonchev–Trinajstić information content (AvgIpc) is 2.51.